The highest BCUT2D eigenvalue weighted by Crippen LogP contribution is 2.12. The van der Waals surface area contributed by atoms with Gasteiger partial charge in [-0.3, -0.25) is 0 Å². The molecule has 1 rings (SSSR count). The van der Waals surface area contributed by atoms with Crippen molar-refractivity contribution in [2.75, 3.05) is 13.1 Å². The minimum atomic E-state index is -0.286. The molecule has 0 bridgehead atoms. The highest BCUT2D eigenvalue weighted by Gasteiger charge is 2.03. The SMILES string of the molecule is C=C(C)CNC(N)=NCC(C)Oc1ccc(F)cc1. The highest BCUT2D eigenvalue weighted by atomic mass is 19.1. The number of hydrogen-bond acceptors (Lipinski definition) is 2. The van der Waals surface area contributed by atoms with E-state index in [1.165, 1.54) is 12.1 Å². The van der Waals surface area contributed by atoms with Crippen molar-refractivity contribution in [3.63, 3.8) is 0 Å². The van der Waals surface area contributed by atoms with Crippen LogP contribution in [0.3, 0.4) is 0 Å². The van der Waals surface area contributed by atoms with Gasteiger partial charge in [0.15, 0.2) is 5.96 Å². The first-order chi connectivity index (χ1) is 8.97. The molecule has 0 radical (unpaired) electrons. The molecule has 0 saturated carbocycles. The van der Waals surface area contributed by atoms with Gasteiger partial charge in [-0.2, -0.15) is 0 Å². The van der Waals surface area contributed by atoms with Gasteiger partial charge in [0.1, 0.15) is 17.7 Å². The number of guanidine groups is 1. The van der Waals surface area contributed by atoms with Gasteiger partial charge in [0.05, 0.1) is 6.54 Å². The van der Waals surface area contributed by atoms with Gasteiger partial charge in [-0.25, -0.2) is 9.38 Å². The minimum Gasteiger partial charge on any atom is -0.489 e. The zero-order chi connectivity index (χ0) is 14.3. The third kappa shape index (κ3) is 6.45. The van der Waals surface area contributed by atoms with Gasteiger partial charge >= 0.3 is 0 Å². The van der Waals surface area contributed by atoms with E-state index >= 15 is 0 Å². The molecule has 3 N–H and O–H groups in total. The van der Waals surface area contributed by atoms with Crippen LogP contribution in [-0.4, -0.2) is 25.2 Å². The molecule has 0 saturated heterocycles. The van der Waals surface area contributed by atoms with Crippen LogP contribution < -0.4 is 15.8 Å². The van der Waals surface area contributed by atoms with Crippen LogP contribution in [0.15, 0.2) is 41.4 Å². The molecular formula is C14H20FN3O. The van der Waals surface area contributed by atoms with Gasteiger partial charge in [-0.1, -0.05) is 12.2 Å². The van der Waals surface area contributed by atoms with Crippen molar-refractivity contribution in [3.05, 3.63) is 42.2 Å². The maximum absolute atomic E-state index is 12.7. The lowest BCUT2D eigenvalue weighted by Crippen LogP contribution is -2.33. The maximum Gasteiger partial charge on any atom is 0.188 e. The second-order valence-corrected chi connectivity index (χ2v) is 4.42. The molecule has 0 spiro atoms. The Bertz CT molecular complexity index is 443. The van der Waals surface area contributed by atoms with Crippen molar-refractivity contribution in [2.45, 2.75) is 20.0 Å². The topological polar surface area (TPSA) is 59.6 Å². The predicted molar refractivity (Wildman–Crippen MR) is 75.8 cm³/mol. The van der Waals surface area contributed by atoms with Crippen molar-refractivity contribution in [3.8, 4) is 5.75 Å². The van der Waals surface area contributed by atoms with E-state index in [-0.39, 0.29) is 11.9 Å². The Balaban J connectivity index is 2.38. The van der Waals surface area contributed by atoms with Gasteiger partial charge < -0.3 is 15.8 Å². The fourth-order valence-electron chi connectivity index (χ4n) is 1.31. The molecule has 19 heavy (non-hydrogen) atoms. The van der Waals surface area contributed by atoms with E-state index in [1.807, 2.05) is 13.8 Å². The minimum absolute atomic E-state index is 0.143. The molecule has 0 aliphatic rings. The maximum atomic E-state index is 12.7. The predicted octanol–water partition coefficient (Wildman–Crippen LogP) is 2.07. The van der Waals surface area contributed by atoms with E-state index in [9.17, 15) is 4.39 Å². The van der Waals surface area contributed by atoms with Crippen LogP contribution in [0.25, 0.3) is 0 Å². The van der Waals surface area contributed by atoms with E-state index in [2.05, 4.69) is 16.9 Å². The monoisotopic (exact) mass is 265 g/mol. The number of nitrogens with two attached hydrogens (primary N) is 1. The Morgan fingerprint density at radius 2 is 2.11 bits per heavy atom. The molecule has 0 aliphatic heterocycles. The van der Waals surface area contributed by atoms with Gasteiger partial charge in [0, 0.05) is 6.54 Å². The Kier molecular flexibility index (Phi) is 5.85. The third-order valence-corrected chi connectivity index (χ3v) is 2.24. The molecule has 0 heterocycles. The summed E-state index contributed by atoms with van der Waals surface area (Å²) in [6.45, 7) is 8.56. The van der Waals surface area contributed by atoms with E-state index in [4.69, 9.17) is 10.5 Å². The molecule has 0 amide bonds. The van der Waals surface area contributed by atoms with Crippen molar-refractivity contribution < 1.29 is 9.13 Å². The average molecular weight is 265 g/mol. The Labute approximate surface area is 113 Å². The van der Waals surface area contributed by atoms with Crippen molar-refractivity contribution >= 4 is 5.96 Å². The number of halogens is 1. The van der Waals surface area contributed by atoms with E-state index < -0.39 is 0 Å². The number of ether oxygens (including phenoxy) is 1. The van der Waals surface area contributed by atoms with Crippen LogP contribution in [0.2, 0.25) is 0 Å². The van der Waals surface area contributed by atoms with Gasteiger partial charge in [-0.15, -0.1) is 0 Å². The normalized spacial score (nSPS) is 12.9. The molecular weight excluding hydrogens is 245 g/mol. The lowest BCUT2D eigenvalue weighted by Gasteiger charge is -2.13. The molecule has 0 fully saturated rings. The van der Waals surface area contributed by atoms with Crippen molar-refractivity contribution in [1.82, 2.24) is 5.32 Å². The summed E-state index contributed by atoms with van der Waals surface area (Å²) in [6, 6.07) is 5.87. The Hall–Kier alpha value is -2.04. The number of nitrogens with one attached hydrogen (secondary N) is 1. The zero-order valence-electron chi connectivity index (χ0n) is 11.3. The summed E-state index contributed by atoms with van der Waals surface area (Å²) < 4.78 is 18.3. The van der Waals surface area contributed by atoms with Crippen LogP contribution in [0.1, 0.15) is 13.8 Å². The first kappa shape index (κ1) is 15.0. The van der Waals surface area contributed by atoms with Crippen LogP contribution in [-0.2, 0) is 0 Å². The fourth-order valence-corrected chi connectivity index (χ4v) is 1.31. The molecule has 1 aromatic carbocycles. The van der Waals surface area contributed by atoms with Crippen LogP contribution in [0, 0.1) is 5.82 Å². The molecule has 4 nitrogen and oxygen atoms in total. The number of nitrogens with zero attached hydrogens (tertiary/aromatic N) is 1. The van der Waals surface area contributed by atoms with Crippen molar-refractivity contribution in [1.29, 1.82) is 0 Å². The number of benzene rings is 1. The molecule has 104 valence electrons. The summed E-state index contributed by atoms with van der Waals surface area (Å²) in [5.41, 5.74) is 6.66. The largest absolute Gasteiger partial charge is 0.489 e. The summed E-state index contributed by atoms with van der Waals surface area (Å²) in [5, 5.41) is 2.93. The number of rotatable bonds is 6. The number of hydrogen-bond donors (Lipinski definition) is 2. The Morgan fingerprint density at radius 3 is 2.68 bits per heavy atom. The van der Waals surface area contributed by atoms with Gasteiger partial charge in [0.2, 0.25) is 0 Å². The summed E-state index contributed by atoms with van der Waals surface area (Å²) >= 11 is 0. The first-order valence-electron chi connectivity index (χ1n) is 6.07. The molecule has 5 heteroatoms. The molecule has 1 unspecified atom stereocenters. The number of aliphatic imine (C=N–C) groups is 1. The standard InChI is InChI=1S/C14H20FN3O/c1-10(2)8-17-14(16)18-9-11(3)19-13-6-4-12(15)5-7-13/h4-7,11H,1,8-9H2,2-3H3,(H3,16,17,18). The highest BCUT2D eigenvalue weighted by molar-refractivity contribution is 5.78. The van der Waals surface area contributed by atoms with Crippen LogP contribution >= 0.6 is 0 Å². The average Bonchev–Trinajstić information content (AvgIpc) is 2.36. The lowest BCUT2D eigenvalue weighted by molar-refractivity contribution is 0.230. The summed E-state index contributed by atoms with van der Waals surface area (Å²) in [7, 11) is 0. The van der Waals surface area contributed by atoms with Crippen molar-refractivity contribution in [2.24, 2.45) is 10.7 Å². The molecule has 0 aliphatic carbocycles. The second kappa shape index (κ2) is 7.41. The van der Waals surface area contributed by atoms with Gasteiger partial charge in [0.25, 0.3) is 0 Å². The second-order valence-electron chi connectivity index (χ2n) is 4.42. The fraction of sp³-hybridized carbons (Fsp3) is 0.357. The smallest absolute Gasteiger partial charge is 0.188 e. The quantitative estimate of drug-likeness (QED) is 0.470. The zero-order valence-corrected chi connectivity index (χ0v) is 11.3. The van der Waals surface area contributed by atoms with Crippen LogP contribution in [0.4, 0.5) is 4.39 Å². The molecule has 0 aromatic heterocycles. The molecule has 1 atom stereocenters. The lowest BCUT2D eigenvalue weighted by atomic mass is 10.3. The van der Waals surface area contributed by atoms with Gasteiger partial charge in [-0.05, 0) is 38.1 Å². The summed E-state index contributed by atoms with van der Waals surface area (Å²) in [4.78, 5) is 4.15. The first-order valence-corrected chi connectivity index (χ1v) is 6.07. The molecule has 1 aromatic rings. The van der Waals surface area contributed by atoms with E-state index in [1.54, 1.807) is 12.1 Å². The third-order valence-electron chi connectivity index (χ3n) is 2.24. The van der Waals surface area contributed by atoms with Crippen LogP contribution in [0.5, 0.6) is 5.75 Å². The van der Waals surface area contributed by atoms with E-state index in [0.717, 1.165) is 5.57 Å². The summed E-state index contributed by atoms with van der Waals surface area (Å²) in [5.74, 6) is 0.682. The summed E-state index contributed by atoms with van der Waals surface area (Å²) in [6.07, 6.45) is -0.143. The Morgan fingerprint density at radius 1 is 1.47 bits per heavy atom. The van der Waals surface area contributed by atoms with E-state index in [0.29, 0.717) is 24.8 Å².